The SMILES string of the molecule is CCCS(C)([OH+]CCC[C@@]1(C)OC[C@@H](C2CCCCC2)N(Cc2ccc(OC)cc2)C1=O)C(C)(C)C. The molecule has 5 nitrogen and oxygen atoms in total. The first-order valence-corrected chi connectivity index (χ1v) is 16.2. The van der Waals surface area contributed by atoms with Gasteiger partial charge in [0.1, 0.15) is 11.4 Å². The molecule has 1 aromatic rings. The molecule has 1 N–H and O–H groups in total. The molecule has 1 aliphatic carbocycles. The first kappa shape index (κ1) is 29.3. The molecule has 0 bridgehead atoms. The lowest BCUT2D eigenvalue weighted by Crippen LogP contribution is -2.61. The van der Waals surface area contributed by atoms with E-state index in [4.69, 9.17) is 13.7 Å². The lowest BCUT2D eigenvalue weighted by Gasteiger charge is -2.48. The number of carbonyl (C=O) groups excluding carboxylic acids is 1. The van der Waals surface area contributed by atoms with E-state index in [-0.39, 0.29) is 16.7 Å². The Morgan fingerprint density at radius 3 is 2.42 bits per heavy atom. The third kappa shape index (κ3) is 6.99. The van der Waals surface area contributed by atoms with Crippen LogP contribution in [0.3, 0.4) is 0 Å². The average molecular weight is 523 g/mol. The van der Waals surface area contributed by atoms with Gasteiger partial charge >= 0.3 is 0 Å². The molecule has 1 amide bonds. The molecule has 1 saturated carbocycles. The fraction of sp³-hybridized carbons (Fsp3) is 0.767. The van der Waals surface area contributed by atoms with Crippen LogP contribution >= 0.6 is 10.3 Å². The number of benzene rings is 1. The minimum atomic E-state index is -1.04. The molecular weight excluding hydrogens is 470 g/mol. The van der Waals surface area contributed by atoms with Crippen molar-refractivity contribution in [2.75, 3.05) is 32.3 Å². The van der Waals surface area contributed by atoms with Crippen LogP contribution in [0.15, 0.2) is 24.3 Å². The predicted octanol–water partition coefficient (Wildman–Crippen LogP) is 6.63. The van der Waals surface area contributed by atoms with Crippen molar-refractivity contribution < 1.29 is 18.5 Å². The van der Waals surface area contributed by atoms with Crippen LogP contribution in [0, 0.1) is 5.92 Å². The van der Waals surface area contributed by atoms with Crippen molar-refractivity contribution in [3.05, 3.63) is 29.8 Å². The highest BCUT2D eigenvalue weighted by atomic mass is 32.3. The summed E-state index contributed by atoms with van der Waals surface area (Å²) in [6.45, 7) is 13.3. The molecule has 3 atom stereocenters. The first-order chi connectivity index (χ1) is 17.0. The molecule has 0 aromatic heterocycles. The van der Waals surface area contributed by atoms with E-state index in [2.05, 4.69) is 51.0 Å². The quantitative estimate of drug-likeness (QED) is 0.242. The van der Waals surface area contributed by atoms with Crippen LogP contribution in [0.25, 0.3) is 0 Å². The van der Waals surface area contributed by atoms with Crippen LogP contribution in [-0.2, 0) is 16.1 Å². The van der Waals surface area contributed by atoms with E-state index in [0.717, 1.165) is 37.2 Å². The van der Waals surface area contributed by atoms with E-state index < -0.39 is 15.9 Å². The highest BCUT2D eigenvalue weighted by Gasteiger charge is 2.47. The number of methoxy groups -OCH3 is 1. The number of aliphatic hydroxyl groups is 1. The summed E-state index contributed by atoms with van der Waals surface area (Å²) in [5.74, 6) is 2.70. The molecule has 1 saturated heterocycles. The molecule has 1 aliphatic heterocycles. The molecule has 2 fully saturated rings. The smallest absolute Gasteiger partial charge is 0.255 e. The van der Waals surface area contributed by atoms with E-state index in [9.17, 15) is 4.79 Å². The first-order valence-electron chi connectivity index (χ1n) is 14.1. The maximum atomic E-state index is 14.0. The topological polar surface area (TPSA) is 51.6 Å². The Hall–Kier alpha value is -1.24. The summed E-state index contributed by atoms with van der Waals surface area (Å²) in [7, 11) is 0.642. The number of hydrogen-bond acceptors (Lipinski definition) is 3. The van der Waals surface area contributed by atoms with Gasteiger partial charge in [0.05, 0.1) is 24.5 Å². The Labute approximate surface area is 222 Å². The molecular formula is C30H52NO4S+. The number of ether oxygens (including phenoxy) is 2. The number of carbonyl (C=O) groups is 1. The van der Waals surface area contributed by atoms with Gasteiger partial charge < -0.3 is 18.6 Å². The van der Waals surface area contributed by atoms with Gasteiger partial charge in [0.2, 0.25) is 0 Å². The van der Waals surface area contributed by atoms with Gasteiger partial charge in [-0.05, 0) is 87.3 Å². The van der Waals surface area contributed by atoms with Gasteiger partial charge in [-0.3, -0.25) is 4.79 Å². The van der Waals surface area contributed by atoms with Crippen molar-refractivity contribution in [2.24, 2.45) is 5.92 Å². The van der Waals surface area contributed by atoms with E-state index in [1.807, 2.05) is 19.1 Å². The Bertz CT molecular complexity index is 832. The summed E-state index contributed by atoms with van der Waals surface area (Å²) in [6, 6.07) is 8.30. The Balaban J connectivity index is 1.70. The summed E-state index contributed by atoms with van der Waals surface area (Å²) in [6.07, 6.45) is 11.4. The highest BCUT2D eigenvalue weighted by molar-refractivity contribution is 8.29. The van der Waals surface area contributed by atoms with E-state index in [0.29, 0.717) is 19.1 Å². The van der Waals surface area contributed by atoms with Crippen molar-refractivity contribution in [2.45, 2.75) is 109 Å². The maximum absolute atomic E-state index is 14.0. The molecule has 2 aliphatic rings. The summed E-state index contributed by atoms with van der Waals surface area (Å²) in [5, 5.41) is 0. The number of morpholine rings is 1. The summed E-state index contributed by atoms with van der Waals surface area (Å²) in [4.78, 5) is 16.2. The van der Waals surface area contributed by atoms with Gasteiger partial charge in [0.25, 0.3) is 5.91 Å². The van der Waals surface area contributed by atoms with Gasteiger partial charge in [0.15, 0.2) is 6.61 Å². The van der Waals surface area contributed by atoms with Crippen molar-refractivity contribution in [1.82, 2.24) is 4.90 Å². The molecule has 1 aromatic carbocycles. The minimum Gasteiger partial charge on any atom is -0.497 e. The largest absolute Gasteiger partial charge is 0.497 e. The standard InChI is InChI=1S/C30H51NO4S/c1-8-21-36(7,29(2,3)4)35-20-12-19-30(5)28(32)31(22-24-15-17-26(33-6)18-16-24)27(23-34-30)25-13-10-9-11-14-25/h15-18,25,27H,8-14,19-23H2,1-7H3/p+1/t27-,30+/m0/s1. The van der Waals surface area contributed by atoms with E-state index >= 15 is 0 Å². The normalized spacial score (nSPS) is 26.5. The molecule has 206 valence electrons. The van der Waals surface area contributed by atoms with Gasteiger partial charge in [-0.2, -0.15) is 0 Å². The fourth-order valence-electron chi connectivity index (χ4n) is 5.72. The second-order valence-corrected chi connectivity index (χ2v) is 16.1. The molecule has 1 unspecified atom stereocenters. The van der Waals surface area contributed by atoms with Crippen LogP contribution in [0.5, 0.6) is 5.75 Å². The third-order valence-electron chi connectivity index (χ3n) is 8.50. The van der Waals surface area contributed by atoms with Crippen molar-refractivity contribution in [3.8, 4) is 5.75 Å². The van der Waals surface area contributed by atoms with Crippen molar-refractivity contribution in [3.63, 3.8) is 0 Å². The fourth-order valence-corrected chi connectivity index (χ4v) is 8.18. The van der Waals surface area contributed by atoms with Crippen LogP contribution in [0.4, 0.5) is 0 Å². The molecule has 6 heteroatoms. The second-order valence-electron chi connectivity index (χ2n) is 12.1. The molecule has 0 radical (unpaired) electrons. The number of rotatable bonds is 11. The average Bonchev–Trinajstić information content (AvgIpc) is 2.85. The van der Waals surface area contributed by atoms with Crippen molar-refractivity contribution >= 4 is 16.2 Å². The zero-order valence-electron chi connectivity index (χ0n) is 24.0. The zero-order chi connectivity index (χ0) is 26.4. The van der Waals surface area contributed by atoms with Gasteiger partial charge in [-0.1, -0.05) is 38.3 Å². The number of hydrogen-bond donors (Lipinski definition) is 0. The lowest BCUT2D eigenvalue weighted by molar-refractivity contribution is -0.184. The van der Waals surface area contributed by atoms with Gasteiger partial charge in [-0.15, -0.1) is 0 Å². The summed E-state index contributed by atoms with van der Waals surface area (Å²) in [5.41, 5.74) is 0.374. The van der Waals surface area contributed by atoms with Crippen LogP contribution < -0.4 is 4.74 Å². The Morgan fingerprint density at radius 1 is 1.17 bits per heavy atom. The Morgan fingerprint density at radius 2 is 1.83 bits per heavy atom. The van der Waals surface area contributed by atoms with E-state index in [1.54, 1.807) is 7.11 Å². The van der Waals surface area contributed by atoms with E-state index in [1.165, 1.54) is 37.9 Å². The minimum absolute atomic E-state index is 0.152. The molecule has 1 heterocycles. The van der Waals surface area contributed by atoms with Crippen LogP contribution in [0.2, 0.25) is 0 Å². The lowest BCUT2D eigenvalue weighted by atomic mass is 9.81. The number of nitrogens with zero attached hydrogens (tertiary/aromatic N) is 1. The highest BCUT2D eigenvalue weighted by Crippen LogP contribution is 2.55. The van der Waals surface area contributed by atoms with Crippen molar-refractivity contribution in [1.29, 1.82) is 0 Å². The summed E-state index contributed by atoms with van der Waals surface area (Å²) >= 11 is 0. The molecule has 0 spiro atoms. The van der Waals surface area contributed by atoms with Gasteiger partial charge in [-0.25, -0.2) is 0 Å². The zero-order valence-corrected chi connectivity index (χ0v) is 24.8. The Kier molecular flexibility index (Phi) is 10.2. The number of amides is 1. The predicted molar refractivity (Wildman–Crippen MR) is 153 cm³/mol. The summed E-state index contributed by atoms with van der Waals surface area (Å²) < 4.78 is 17.2. The monoisotopic (exact) mass is 522 g/mol. The molecule has 3 rings (SSSR count). The third-order valence-corrected chi connectivity index (χ3v) is 13.1. The van der Waals surface area contributed by atoms with Crippen LogP contribution in [0.1, 0.15) is 91.5 Å². The van der Waals surface area contributed by atoms with Gasteiger partial charge in [0, 0.05) is 25.0 Å². The second kappa shape index (κ2) is 12.5. The molecule has 36 heavy (non-hydrogen) atoms. The maximum Gasteiger partial charge on any atom is 0.255 e. The van der Waals surface area contributed by atoms with Crippen LogP contribution in [-0.4, -0.2) is 63.7 Å².